The summed E-state index contributed by atoms with van der Waals surface area (Å²) in [5, 5.41) is 10.1. The predicted molar refractivity (Wildman–Crippen MR) is 141 cm³/mol. The summed E-state index contributed by atoms with van der Waals surface area (Å²) in [7, 11) is 0. The highest BCUT2D eigenvalue weighted by atomic mass is 35.5. The van der Waals surface area contributed by atoms with E-state index in [1.54, 1.807) is 12.4 Å². The number of pyridine rings is 1. The molecular weight excluding hydrogens is 518 g/mol. The highest BCUT2D eigenvalue weighted by Crippen LogP contribution is 2.33. The van der Waals surface area contributed by atoms with Crippen molar-refractivity contribution in [2.75, 3.05) is 5.32 Å². The number of carbonyl (C=O) groups excluding carboxylic acids is 1. The van der Waals surface area contributed by atoms with Crippen LogP contribution in [-0.4, -0.2) is 25.8 Å². The Morgan fingerprint density at radius 3 is 2.89 bits per heavy atom. The maximum atomic E-state index is 12.8. The minimum atomic E-state index is -0.639. The summed E-state index contributed by atoms with van der Waals surface area (Å²) in [5.74, 6) is 1.01. The van der Waals surface area contributed by atoms with E-state index in [1.165, 1.54) is 22.7 Å². The Balaban J connectivity index is 1.23. The number of carbonyl (C=O) groups is 1. The Bertz CT molecular complexity index is 1670. The van der Waals surface area contributed by atoms with E-state index in [0.717, 1.165) is 27.0 Å². The van der Waals surface area contributed by atoms with Crippen molar-refractivity contribution in [2.24, 2.45) is 0 Å². The van der Waals surface area contributed by atoms with Crippen LogP contribution >= 0.6 is 34.3 Å². The van der Waals surface area contributed by atoms with Crippen LogP contribution in [0.2, 0.25) is 4.34 Å². The second-order valence-electron chi connectivity index (χ2n) is 7.71. The van der Waals surface area contributed by atoms with Crippen molar-refractivity contribution in [1.82, 2.24) is 19.7 Å². The number of thiophene rings is 1. The van der Waals surface area contributed by atoms with Gasteiger partial charge in [0.05, 0.1) is 27.0 Å². The van der Waals surface area contributed by atoms with Crippen LogP contribution in [-0.2, 0) is 6.54 Å². The zero-order valence-electron chi connectivity index (χ0n) is 18.4. The lowest BCUT2D eigenvalue weighted by Gasteiger charge is -2.09. The number of ether oxygens (including phenoxy) is 1. The zero-order chi connectivity index (χ0) is 24.5. The van der Waals surface area contributed by atoms with E-state index in [0.29, 0.717) is 33.3 Å². The van der Waals surface area contributed by atoms with Gasteiger partial charge in [-0.25, -0.2) is 9.78 Å². The highest BCUT2D eigenvalue weighted by Gasteiger charge is 2.17. The van der Waals surface area contributed by atoms with Gasteiger partial charge in [0, 0.05) is 40.9 Å². The Hall–Kier alpha value is -3.99. The summed E-state index contributed by atoms with van der Waals surface area (Å²) < 4.78 is 13.8. The number of rotatable bonds is 6. The number of nitrogens with one attached hydrogen (secondary N) is 1. The first-order valence-electron chi connectivity index (χ1n) is 10.8. The lowest BCUT2D eigenvalue weighted by molar-refractivity contribution is 0.211. The molecule has 0 fully saturated rings. The standard InChI is InChI=1S/C25H16ClN5O3S2/c26-22-8-7-21(36-22)20-11-17(30-34-20)13-31-19-6-2-1-4-15(19)10-23(31)33-25(32)29-24-28-18(14-35-24)16-5-3-9-27-12-16/h1-12,14H,13H2,(H,28,29,32). The number of hydrogen-bond donors (Lipinski definition) is 1. The summed E-state index contributed by atoms with van der Waals surface area (Å²) in [4.78, 5) is 22.2. The molecule has 6 aromatic rings. The second-order valence-corrected chi connectivity index (χ2v) is 10.3. The minimum absolute atomic E-state index is 0.348. The van der Waals surface area contributed by atoms with Crippen molar-refractivity contribution in [3.63, 3.8) is 0 Å². The first-order chi connectivity index (χ1) is 17.6. The number of nitrogens with zero attached hydrogens (tertiary/aromatic N) is 4. The molecule has 1 amide bonds. The van der Waals surface area contributed by atoms with Gasteiger partial charge in [0.2, 0.25) is 5.88 Å². The summed E-state index contributed by atoms with van der Waals surface area (Å²) in [6.07, 6.45) is 2.78. The lowest BCUT2D eigenvalue weighted by Crippen LogP contribution is -2.18. The van der Waals surface area contributed by atoms with Gasteiger partial charge in [0.25, 0.3) is 0 Å². The van der Waals surface area contributed by atoms with E-state index < -0.39 is 6.09 Å². The molecule has 0 saturated heterocycles. The molecule has 0 unspecified atom stereocenters. The highest BCUT2D eigenvalue weighted by molar-refractivity contribution is 7.19. The number of anilines is 1. The summed E-state index contributed by atoms with van der Waals surface area (Å²) in [5.41, 5.74) is 3.18. The molecule has 0 radical (unpaired) electrons. The molecule has 5 aromatic heterocycles. The molecule has 1 N–H and O–H groups in total. The fourth-order valence-corrected chi connectivity index (χ4v) is 5.43. The van der Waals surface area contributed by atoms with Crippen LogP contribution in [0.25, 0.3) is 32.8 Å². The van der Waals surface area contributed by atoms with Crippen LogP contribution in [0.5, 0.6) is 5.88 Å². The zero-order valence-corrected chi connectivity index (χ0v) is 20.8. The number of halogens is 1. The first-order valence-corrected chi connectivity index (χ1v) is 12.8. The average Bonchev–Trinajstić information content (AvgIpc) is 3.68. The van der Waals surface area contributed by atoms with Gasteiger partial charge in [-0.1, -0.05) is 35.0 Å². The first kappa shape index (κ1) is 22.5. The van der Waals surface area contributed by atoms with Crippen molar-refractivity contribution in [2.45, 2.75) is 6.54 Å². The molecule has 0 aliphatic carbocycles. The Morgan fingerprint density at radius 2 is 2.06 bits per heavy atom. The maximum Gasteiger partial charge on any atom is 0.420 e. The van der Waals surface area contributed by atoms with Crippen molar-refractivity contribution in [3.05, 3.63) is 88.5 Å². The predicted octanol–water partition coefficient (Wildman–Crippen LogP) is 7.19. The van der Waals surface area contributed by atoms with Crippen LogP contribution in [0.1, 0.15) is 5.69 Å². The van der Waals surface area contributed by atoms with E-state index in [1.807, 2.05) is 70.6 Å². The molecular formula is C25H16ClN5O3S2. The fraction of sp³-hybridized carbons (Fsp3) is 0.0400. The summed E-state index contributed by atoms with van der Waals surface area (Å²) in [6.45, 7) is 0.348. The van der Waals surface area contributed by atoms with Gasteiger partial charge in [-0.2, -0.15) is 0 Å². The molecule has 0 aliphatic heterocycles. The Kier molecular flexibility index (Phi) is 5.98. The van der Waals surface area contributed by atoms with Crippen LogP contribution in [0.3, 0.4) is 0 Å². The van der Waals surface area contributed by atoms with Crippen molar-refractivity contribution in [1.29, 1.82) is 0 Å². The topological polar surface area (TPSA) is 95.1 Å². The van der Waals surface area contributed by atoms with Crippen LogP contribution in [0.4, 0.5) is 9.93 Å². The van der Waals surface area contributed by atoms with Crippen LogP contribution < -0.4 is 10.1 Å². The molecule has 0 saturated carbocycles. The number of thiazole rings is 1. The molecule has 0 atom stereocenters. The van der Waals surface area contributed by atoms with Crippen LogP contribution in [0.15, 0.2) is 83.0 Å². The molecule has 5 heterocycles. The molecule has 0 spiro atoms. The quantitative estimate of drug-likeness (QED) is 0.243. The number of aromatic nitrogens is 4. The van der Waals surface area contributed by atoms with Gasteiger partial charge in [0.1, 0.15) is 5.69 Å². The molecule has 1 aromatic carbocycles. The summed E-state index contributed by atoms with van der Waals surface area (Å²) in [6, 6.07) is 18.9. The summed E-state index contributed by atoms with van der Waals surface area (Å²) >= 11 is 8.77. The number of benzene rings is 1. The van der Waals surface area contributed by atoms with E-state index in [-0.39, 0.29) is 0 Å². The number of hydrogen-bond acceptors (Lipinski definition) is 8. The van der Waals surface area contributed by atoms with Gasteiger partial charge in [-0.15, -0.1) is 22.7 Å². The minimum Gasteiger partial charge on any atom is -0.393 e. The number of fused-ring (bicyclic) bond motifs is 1. The van der Waals surface area contributed by atoms with Crippen molar-refractivity contribution >= 4 is 56.4 Å². The molecule has 0 aliphatic rings. The molecule has 8 nitrogen and oxygen atoms in total. The van der Waals surface area contributed by atoms with Crippen molar-refractivity contribution in [3.8, 4) is 27.8 Å². The third kappa shape index (κ3) is 4.61. The van der Waals surface area contributed by atoms with Crippen molar-refractivity contribution < 1.29 is 14.1 Å². The molecule has 11 heteroatoms. The number of amides is 1. The van der Waals surface area contributed by atoms with E-state index in [4.69, 9.17) is 20.9 Å². The van der Waals surface area contributed by atoms with Gasteiger partial charge in [-0.3, -0.25) is 10.3 Å². The molecule has 0 bridgehead atoms. The van der Waals surface area contributed by atoms with Crippen LogP contribution in [0, 0.1) is 0 Å². The largest absolute Gasteiger partial charge is 0.420 e. The maximum absolute atomic E-state index is 12.8. The van der Waals surface area contributed by atoms with Gasteiger partial charge in [0.15, 0.2) is 10.9 Å². The van der Waals surface area contributed by atoms with Gasteiger partial charge < -0.3 is 13.8 Å². The van der Waals surface area contributed by atoms with Gasteiger partial charge >= 0.3 is 6.09 Å². The third-order valence-corrected chi connectivity index (χ3v) is 7.34. The Morgan fingerprint density at radius 1 is 1.14 bits per heavy atom. The Labute approximate surface area is 217 Å². The normalized spacial score (nSPS) is 11.1. The van der Waals surface area contributed by atoms with E-state index >= 15 is 0 Å². The SMILES string of the molecule is O=C(Nc1nc(-c2cccnc2)cs1)Oc1cc2ccccc2n1Cc1cc(-c2ccc(Cl)s2)on1. The third-order valence-electron chi connectivity index (χ3n) is 5.34. The van der Waals surface area contributed by atoms with Gasteiger partial charge in [-0.05, 0) is 30.3 Å². The average molecular weight is 534 g/mol. The monoisotopic (exact) mass is 533 g/mol. The number of para-hydroxylation sites is 1. The smallest absolute Gasteiger partial charge is 0.393 e. The van der Waals surface area contributed by atoms with E-state index in [9.17, 15) is 4.79 Å². The van der Waals surface area contributed by atoms with E-state index in [2.05, 4.69) is 20.4 Å². The lowest BCUT2D eigenvalue weighted by atomic mass is 10.2. The second kappa shape index (κ2) is 9.57. The molecule has 36 heavy (non-hydrogen) atoms. The molecule has 6 rings (SSSR count). The fourth-order valence-electron chi connectivity index (χ4n) is 3.73. The molecule has 178 valence electrons.